The van der Waals surface area contributed by atoms with Crippen molar-refractivity contribution in [1.82, 2.24) is 0 Å². The van der Waals surface area contributed by atoms with Gasteiger partial charge >= 0.3 is 11.9 Å². The summed E-state index contributed by atoms with van der Waals surface area (Å²) >= 11 is 0. The summed E-state index contributed by atoms with van der Waals surface area (Å²) in [5.74, 6) is 0.373. The second kappa shape index (κ2) is 7.22. The molecule has 0 aromatic heterocycles. The first-order valence-electron chi connectivity index (χ1n) is 6.78. The Balaban J connectivity index is 2.01. The van der Waals surface area contributed by atoms with E-state index in [1.54, 1.807) is 24.3 Å². The molecular formula is C18H16O4. The van der Waals surface area contributed by atoms with Crippen molar-refractivity contribution in [1.29, 1.82) is 0 Å². The number of hydrogen-bond donors (Lipinski definition) is 0. The van der Waals surface area contributed by atoms with Crippen molar-refractivity contribution in [3.05, 3.63) is 59.7 Å². The molecule has 0 heterocycles. The molecule has 112 valence electrons. The zero-order valence-electron chi connectivity index (χ0n) is 12.4. The largest absolute Gasteiger partial charge is 0.427 e. The molecule has 2 aromatic carbocycles. The summed E-state index contributed by atoms with van der Waals surface area (Å²) in [5.41, 5.74) is 1.97. The highest BCUT2D eigenvalue weighted by atomic mass is 16.5. The Hall–Kier alpha value is -2.88. The van der Waals surface area contributed by atoms with Crippen LogP contribution in [0.5, 0.6) is 11.5 Å². The van der Waals surface area contributed by atoms with Crippen molar-refractivity contribution in [3.8, 4) is 11.5 Å². The van der Waals surface area contributed by atoms with Crippen LogP contribution in [0.4, 0.5) is 0 Å². The van der Waals surface area contributed by atoms with E-state index >= 15 is 0 Å². The summed E-state index contributed by atoms with van der Waals surface area (Å²) in [6.07, 6.45) is 3.89. The van der Waals surface area contributed by atoms with Gasteiger partial charge in [-0.1, -0.05) is 36.4 Å². The lowest BCUT2D eigenvalue weighted by molar-refractivity contribution is -0.132. The molecule has 0 aliphatic heterocycles. The third-order valence-corrected chi connectivity index (χ3v) is 2.75. The number of hydrogen-bond acceptors (Lipinski definition) is 4. The van der Waals surface area contributed by atoms with Gasteiger partial charge in [-0.05, 0) is 35.4 Å². The number of esters is 2. The summed E-state index contributed by atoms with van der Waals surface area (Å²) < 4.78 is 9.94. The van der Waals surface area contributed by atoms with Crippen LogP contribution < -0.4 is 9.47 Å². The van der Waals surface area contributed by atoms with Gasteiger partial charge in [0.1, 0.15) is 11.5 Å². The zero-order valence-corrected chi connectivity index (χ0v) is 12.4. The van der Waals surface area contributed by atoms with E-state index in [4.69, 9.17) is 9.47 Å². The number of carbonyl (C=O) groups is 2. The number of benzene rings is 2. The molecule has 22 heavy (non-hydrogen) atoms. The fourth-order valence-electron chi connectivity index (χ4n) is 1.82. The molecule has 0 saturated carbocycles. The molecule has 0 spiro atoms. The smallest absolute Gasteiger partial charge is 0.308 e. The van der Waals surface area contributed by atoms with Gasteiger partial charge in [0.05, 0.1) is 0 Å². The molecule has 2 aromatic rings. The van der Waals surface area contributed by atoms with Crippen molar-refractivity contribution in [2.45, 2.75) is 13.8 Å². The van der Waals surface area contributed by atoms with Crippen LogP contribution in [0.15, 0.2) is 48.5 Å². The van der Waals surface area contributed by atoms with E-state index < -0.39 is 0 Å². The highest BCUT2D eigenvalue weighted by Gasteiger charge is 1.98. The first kappa shape index (κ1) is 15.5. The number of rotatable bonds is 4. The lowest BCUT2D eigenvalue weighted by atomic mass is 10.1. The average molecular weight is 296 g/mol. The Morgan fingerprint density at radius 3 is 1.27 bits per heavy atom. The first-order valence-corrected chi connectivity index (χ1v) is 6.78. The average Bonchev–Trinajstić information content (AvgIpc) is 2.47. The Labute approximate surface area is 129 Å². The van der Waals surface area contributed by atoms with Gasteiger partial charge in [-0.2, -0.15) is 0 Å². The summed E-state index contributed by atoms with van der Waals surface area (Å²) in [4.78, 5) is 21.7. The maximum absolute atomic E-state index is 10.8. The molecule has 4 nitrogen and oxygen atoms in total. The molecule has 0 atom stereocenters. The van der Waals surface area contributed by atoms with E-state index in [1.165, 1.54) is 13.8 Å². The van der Waals surface area contributed by atoms with Crippen molar-refractivity contribution < 1.29 is 19.1 Å². The molecule has 0 bridgehead atoms. The summed E-state index contributed by atoms with van der Waals surface area (Å²) in [7, 11) is 0. The molecule has 0 saturated heterocycles. The van der Waals surface area contributed by atoms with E-state index in [-0.39, 0.29) is 11.9 Å². The van der Waals surface area contributed by atoms with Crippen LogP contribution >= 0.6 is 0 Å². The van der Waals surface area contributed by atoms with Crippen molar-refractivity contribution in [2.24, 2.45) is 0 Å². The third kappa shape index (κ3) is 4.90. The predicted octanol–water partition coefficient (Wildman–Crippen LogP) is 3.71. The van der Waals surface area contributed by atoms with Crippen LogP contribution in [0.1, 0.15) is 25.0 Å². The van der Waals surface area contributed by atoms with Gasteiger partial charge in [0, 0.05) is 13.8 Å². The van der Waals surface area contributed by atoms with Crippen LogP contribution in [0, 0.1) is 0 Å². The zero-order chi connectivity index (χ0) is 15.9. The fraction of sp³-hybridized carbons (Fsp3) is 0.111. The monoisotopic (exact) mass is 296 g/mol. The molecule has 2 rings (SSSR count). The highest BCUT2D eigenvalue weighted by Crippen LogP contribution is 2.17. The molecule has 0 unspecified atom stereocenters. The van der Waals surface area contributed by atoms with E-state index in [0.29, 0.717) is 11.5 Å². The van der Waals surface area contributed by atoms with E-state index in [0.717, 1.165) is 11.1 Å². The predicted molar refractivity (Wildman–Crippen MR) is 84.4 cm³/mol. The second-order valence-corrected chi connectivity index (χ2v) is 4.66. The maximum Gasteiger partial charge on any atom is 0.308 e. The molecule has 0 amide bonds. The van der Waals surface area contributed by atoms with Gasteiger partial charge in [0.15, 0.2) is 0 Å². The highest BCUT2D eigenvalue weighted by molar-refractivity contribution is 5.72. The maximum atomic E-state index is 10.8. The van der Waals surface area contributed by atoms with Gasteiger partial charge in [-0.15, -0.1) is 0 Å². The number of ether oxygens (including phenoxy) is 2. The Morgan fingerprint density at radius 2 is 1.00 bits per heavy atom. The lowest BCUT2D eigenvalue weighted by Crippen LogP contribution is -2.00. The third-order valence-electron chi connectivity index (χ3n) is 2.75. The van der Waals surface area contributed by atoms with Crippen LogP contribution in [0.25, 0.3) is 12.2 Å². The SMILES string of the molecule is CC(=O)Oc1ccc(/C=C/c2ccc(OC(C)=O)cc2)cc1. The minimum absolute atomic E-state index is 0.337. The molecule has 4 heteroatoms. The summed E-state index contributed by atoms with van der Waals surface area (Å²) in [6.45, 7) is 2.74. The van der Waals surface area contributed by atoms with Gasteiger partial charge < -0.3 is 9.47 Å². The van der Waals surface area contributed by atoms with Crippen LogP contribution in [0.3, 0.4) is 0 Å². The van der Waals surface area contributed by atoms with Crippen molar-refractivity contribution in [3.63, 3.8) is 0 Å². The first-order chi connectivity index (χ1) is 10.5. The summed E-state index contributed by atoms with van der Waals surface area (Å²) in [6, 6.07) is 14.4. The molecule has 0 aliphatic carbocycles. The minimum Gasteiger partial charge on any atom is -0.427 e. The van der Waals surface area contributed by atoms with Gasteiger partial charge in [-0.25, -0.2) is 0 Å². The number of carbonyl (C=O) groups excluding carboxylic acids is 2. The minimum atomic E-state index is -0.337. The van der Waals surface area contributed by atoms with Crippen LogP contribution in [-0.4, -0.2) is 11.9 Å². The molecule has 0 fully saturated rings. The second-order valence-electron chi connectivity index (χ2n) is 4.66. The van der Waals surface area contributed by atoms with Crippen LogP contribution in [-0.2, 0) is 9.59 Å². The quantitative estimate of drug-likeness (QED) is 0.490. The lowest BCUT2D eigenvalue weighted by Gasteiger charge is -2.02. The van der Waals surface area contributed by atoms with E-state index in [2.05, 4.69) is 0 Å². The Morgan fingerprint density at radius 1 is 0.682 bits per heavy atom. The van der Waals surface area contributed by atoms with E-state index in [9.17, 15) is 9.59 Å². The molecule has 0 radical (unpaired) electrons. The van der Waals surface area contributed by atoms with E-state index in [1.807, 2.05) is 36.4 Å². The van der Waals surface area contributed by atoms with Crippen LogP contribution in [0.2, 0.25) is 0 Å². The normalized spacial score (nSPS) is 10.5. The van der Waals surface area contributed by atoms with Gasteiger partial charge in [0.2, 0.25) is 0 Å². The Bertz CT molecular complexity index is 621. The standard InChI is InChI=1S/C18H16O4/c1-13(19)21-17-9-5-15(6-10-17)3-4-16-7-11-18(12-8-16)22-14(2)20/h3-12H,1-2H3/b4-3+. The van der Waals surface area contributed by atoms with Crippen molar-refractivity contribution >= 4 is 24.1 Å². The molecule has 0 N–H and O–H groups in total. The van der Waals surface area contributed by atoms with Crippen molar-refractivity contribution in [2.75, 3.05) is 0 Å². The van der Waals surface area contributed by atoms with Gasteiger partial charge in [-0.3, -0.25) is 9.59 Å². The Kier molecular flexibility index (Phi) is 5.09. The molecule has 0 aliphatic rings. The van der Waals surface area contributed by atoms with Gasteiger partial charge in [0.25, 0.3) is 0 Å². The summed E-state index contributed by atoms with van der Waals surface area (Å²) in [5, 5.41) is 0. The molecular weight excluding hydrogens is 280 g/mol. The fourth-order valence-corrected chi connectivity index (χ4v) is 1.82. The topological polar surface area (TPSA) is 52.6 Å².